The van der Waals surface area contributed by atoms with Crippen LogP contribution in [0, 0.1) is 46.3 Å². The molecule has 0 spiro atoms. The van der Waals surface area contributed by atoms with Crippen LogP contribution in [0.15, 0.2) is 133 Å². The molecule has 0 radical (unpaired) electrons. The third kappa shape index (κ3) is 23.6. The van der Waals surface area contributed by atoms with Gasteiger partial charge in [0, 0.05) is 114 Å². The Balaban J connectivity index is 1.13. The molecule has 6 heterocycles. The van der Waals surface area contributed by atoms with Crippen molar-refractivity contribution < 1.29 is 57.1 Å². The summed E-state index contributed by atoms with van der Waals surface area (Å²) in [4.78, 5) is 72.8. The number of carbonyl (C=O) groups is 4. The van der Waals surface area contributed by atoms with E-state index in [1.807, 2.05) is 34.8 Å². The first kappa shape index (κ1) is 105. The molecule has 4 unspecified atom stereocenters. The van der Waals surface area contributed by atoms with Crippen molar-refractivity contribution in [2.75, 3.05) is 65.9 Å². The average Bonchev–Trinajstić information content (AvgIpc) is 1.48. The number of rotatable bonds is 58. The number of thiazole rings is 2. The second kappa shape index (κ2) is 51.4. The molecule has 0 N–H and O–H groups in total. The number of thiophene rings is 2. The van der Waals surface area contributed by atoms with Crippen LogP contribution in [0.5, 0.6) is 46.0 Å². The number of benzene rings is 6. The number of hydrogen-bond acceptors (Lipinski definition) is 20. The Hall–Kier alpha value is -10.6. The molecule has 0 bridgehead atoms. The van der Waals surface area contributed by atoms with Crippen LogP contribution in [-0.4, -0.2) is 109 Å². The Labute approximate surface area is 848 Å². The Morgan fingerprint density at radius 3 is 0.814 bits per heavy atom. The first-order chi connectivity index (χ1) is 68.4. The van der Waals surface area contributed by atoms with E-state index in [1.54, 1.807) is 40.1 Å². The van der Waals surface area contributed by atoms with Gasteiger partial charge in [-0.05, 0) is 183 Å². The van der Waals surface area contributed by atoms with E-state index in [9.17, 15) is 29.7 Å². The molecule has 140 heavy (non-hydrogen) atoms. The number of ether oxygens (including phenoxy) is 8. The van der Waals surface area contributed by atoms with E-state index in [0.717, 1.165) is 291 Å². The molecular weight excluding hydrogens is 1820 g/mol. The van der Waals surface area contributed by atoms with Crippen molar-refractivity contribution in [3.05, 3.63) is 187 Å². The minimum Gasteiger partial charge on any atom is -0.493 e. The van der Waals surface area contributed by atoms with Crippen LogP contribution < -0.4 is 37.9 Å². The molecule has 4 aromatic heterocycles. The largest absolute Gasteiger partial charge is 0.493 e. The normalized spacial score (nSPS) is 16.8. The van der Waals surface area contributed by atoms with E-state index in [0.29, 0.717) is 130 Å². The van der Waals surface area contributed by atoms with Crippen LogP contribution in [-0.2, 0) is 30.0 Å². The molecule has 2 aliphatic heterocycles. The number of hydrogen-bond donors (Lipinski definition) is 0. The summed E-state index contributed by atoms with van der Waals surface area (Å²) in [6.45, 7) is 29.3. The Morgan fingerprint density at radius 1 is 0.336 bits per heavy atom. The molecule has 6 aromatic carbocycles. The summed E-state index contributed by atoms with van der Waals surface area (Å²) in [5, 5.41) is 22.4. The minimum atomic E-state index is -1.27. The molecule has 4 atom stereocenters. The van der Waals surface area contributed by atoms with Gasteiger partial charge in [-0.15, -0.1) is 45.3 Å². The standard InChI is InChI=1S/C118H146N6O12S4/c1-13-23-31-39-51-129-87-61-83(62-88(69-87)130-52-40-32-24-14-2)117(84-63-89(131-53-41-33-25-15-3)70-90(64-84)132-54-42-34-26-16-4)103-59-81(111-121-77-95(137-111)73-99-79(11)101(75-119)115(127)123(21-9)113(99)125)47-49-97(103)107-105(117)109-110(139-107)106-108(140-109)98-50-48-82(112-122-78-96(138-112)74-100-80(12)102(76-120)116(128)124(22-10)114(100)126)60-104(98)118(106,85-65-91(133-55-43-35-27-17-5)71-92(66-85)134-56-44-36-28-18-6)86-67-93(135-57-45-37-29-19-7)72-94(68-86)136-58-46-38-30-20-8/h47-50,59-74,77-80,101-102H,13-46,51-58H2,1-12H3/b99-73+,100-74+. The van der Waals surface area contributed by atoms with Crippen LogP contribution >= 0.6 is 45.3 Å². The number of carbonyl (C=O) groups excluding carboxylic acids is 4. The van der Waals surface area contributed by atoms with E-state index < -0.39 is 58.1 Å². The van der Waals surface area contributed by atoms with Crippen molar-refractivity contribution in [3.63, 3.8) is 0 Å². The van der Waals surface area contributed by atoms with Gasteiger partial charge < -0.3 is 37.9 Å². The van der Waals surface area contributed by atoms with Gasteiger partial charge in [0.15, 0.2) is 0 Å². The minimum absolute atomic E-state index is 0.141. The highest BCUT2D eigenvalue weighted by molar-refractivity contribution is 7.32. The highest BCUT2D eigenvalue weighted by atomic mass is 32.1. The van der Waals surface area contributed by atoms with Crippen LogP contribution in [0.1, 0.15) is 343 Å². The predicted octanol–water partition coefficient (Wildman–Crippen LogP) is 30.7. The summed E-state index contributed by atoms with van der Waals surface area (Å²) < 4.78 is 60.0. The third-order valence-electron chi connectivity index (χ3n) is 28.1. The number of nitriles is 2. The van der Waals surface area contributed by atoms with Crippen molar-refractivity contribution in [1.82, 2.24) is 19.8 Å². The monoisotopic (exact) mass is 1970 g/mol. The SMILES string of the molecule is CCCCCCOc1cc(OCCCCCC)cc(C2(c3cc(OCCCCCC)cc(OCCCCCC)c3)c3cc(-c4ncc(/C=C5/C(=O)N(CC)C(=O)C(C#N)C5C)s4)ccc3-c3sc4c5c(sc4c32)-c2ccc(-c3ncc(/C=C4/C(=O)N(CC)C(=O)C(C#N)C4C)s3)cc2C5(c2cc(OCCCCCC)cc(OCCCCCC)c2)c2cc(OCCCCCC)cc(OCCCCCC)c2)c1. The molecule has 744 valence electrons. The van der Waals surface area contributed by atoms with E-state index in [2.05, 4.69) is 177 Å². The average molecular weight is 1970 g/mol. The van der Waals surface area contributed by atoms with Gasteiger partial charge in [0.2, 0.25) is 11.8 Å². The van der Waals surface area contributed by atoms with Crippen molar-refractivity contribution in [2.45, 2.75) is 299 Å². The van der Waals surface area contributed by atoms with Crippen LogP contribution in [0.4, 0.5) is 0 Å². The van der Waals surface area contributed by atoms with Gasteiger partial charge >= 0.3 is 0 Å². The van der Waals surface area contributed by atoms with Crippen molar-refractivity contribution in [1.29, 1.82) is 10.5 Å². The molecule has 0 saturated carbocycles. The zero-order chi connectivity index (χ0) is 98.7. The molecule has 2 saturated heterocycles. The summed E-state index contributed by atoms with van der Waals surface area (Å²) in [5.41, 5.74) is 9.86. The second-order valence-corrected chi connectivity index (χ2v) is 42.4. The maximum absolute atomic E-state index is 14.4. The summed E-state index contributed by atoms with van der Waals surface area (Å²) in [6.07, 6.45) is 39.7. The summed E-state index contributed by atoms with van der Waals surface area (Å²) in [7, 11) is 0. The summed E-state index contributed by atoms with van der Waals surface area (Å²) in [5.74, 6) is 0.436. The fourth-order valence-electron chi connectivity index (χ4n) is 20.4. The van der Waals surface area contributed by atoms with Gasteiger partial charge in [-0.3, -0.25) is 29.0 Å². The molecule has 2 aliphatic carbocycles. The lowest BCUT2D eigenvalue weighted by molar-refractivity contribution is -0.149. The second-order valence-electron chi connectivity index (χ2n) is 38.2. The predicted molar refractivity (Wildman–Crippen MR) is 571 cm³/mol. The number of likely N-dealkylation sites (tertiary alicyclic amines) is 2. The molecule has 18 nitrogen and oxygen atoms in total. The number of likely N-dealkylation sites (N-methyl/N-ethyl adjacent to an activating group) is 2. The molecule has 4 amide bonds. The molecule has 4 aliphatic rings. The molecule has 14 rings (SSSR count). The molecular formula is C118H146N6O12S4. The topological polar surface area (TPSA) is 222 Å². The Bertz CT molecular complexity index is 5400. The number of aromatic nitrogens is 2. The molecule has 22 heteroatoms. The van der Waals surface area contributed by atoms with Gasteiger partial charge in [0.05, 0.1) is 85.2 Å². The number of nitrogens with zero attached hydrogens (tertiary/aromatic N) is 6. The van der Waals surface area contributed by atoms with Crippen molar-refractivity contribution >= 4 is 90.5 Å². The van der Waals surface area contributed by atoms with E-state index in [-0.39, 0.29) is 13.1 Å². The summed E-state index contributed by atoms with van der Waals surface area (Å²) in [6, 6.07) is 44.8. The Morgan fingerprint density at radius 2 is 0.586 bits per heavy atom. The van der Waals surface area contributed by atoms with Gasteiger partial charge in [0.1, 0.15) is 67.8 Å². The zero-order valence-corrected chi connectivity index (χ0v) is 88.2. The number of imide groups is 2. The maximum Gasteiger partial charge on any atom is 0.256 e. The fourth-order valence-corrected chi connectivity index (χ4v) is 25.3. The molecule has 10 aromatic rings. The lowest BCUT2D eigenvalue weighted by Crippen LogP contribution is -2.49. The number of fused-ring (bicyclic) bond motifs is 9. The van der Waals surface area contributed by atoms with Crippen molar-refractivity contribution in [2.24, 2.45) is 23.7 Å². The number of unbranched alkanes of at least 4 members (excludes halogenated alkanes) is 24. The number of piperidine rings is 2. The Kier molecular flexibility index (Phi) is 38.6. The van der Waals surface area contributed by atoms with E-state index >= 15 is 0 Å². The fraction of sp³-hybridized carbons (Fsp3) is 0.508. The lowest BCUT2D eigenvalue weighted by atomic mass is 9.66. The van der Waals surface area contributed by atoms with E-state index in [1.165, 1.54) is 32.5 Å². The highest BCUT2D eigenvalue weighted by Crippen LogP contribution is 2.70. The first-order valence-corrected chi connectivity index (χ1v) is 56.1. The number of amides is 4. The van der Waals surface area contributed by atoms with Gasteiger partial charge in [-0.2, -0.15) is 10.5 Å². The maximum atomic E-state index is 14.4. The lowest BCUT2D eigenvalue weighted by Gasteiger charge is -2.35. The van der Waals surface area contributed by atoms with Crippen LogP contribution in [0.2, 0.25) is 0 Å². The highest BCUT2D eigenvalue weighted by Gasteiger charge is 2.56. The van der Waals surface area contributed by atoms with Gasteiger partial charge in [-0.1, -0.05) is 248 Å². The van der Waals surface area contributed by atoms with E-state index in [4.69, 9.17) is 47.9 Å². The molecule has 2 fully saturated rings. The van der Waals surface area contributed by atoms with Crippen LogP contribution in [0.25, 0.3) is 63.6 Å². The quantitative estimate of drug-likeness (QED) is 0.0196. The van der Waals surface area contributed by atoms with Crippen molar-refractivity contribution in [3.8, 4) is 100 Å². The smallest absolute Gasteiger partial charge is 0.256 e. The van der Waals surface area contributed by atoms with Gasteiger partial charge in [-0.25, -0.2) is 9.97 Å². The van der Waals surface area contributed by atoms with Crippen LogP contribution in [0.3, 0.4) is 0 Å². The zero-order valence-electron chi connectivity index (χ0n) is 84.9. The summed E-state index contributed by atoms with van der Waals surface area (Å²) >= 11 is 6.58. The first-order valence-electron chi connectivity index (χ1n) is 52.8. The third-order valence-corrected chi connectivity index (χ3v) is 32.7. The van der Waals surface area contributed by atoms with Gasteiger partial charge in [0.25, 0.3) is 11.8 Å².